The van der Waals surface area contributed by atoms with Crippen molar-refractivity contribution in [1.29, 1.82) is 0 Å². The number of hydrogen-bond donors (Lipinski definition) is 3. The van der Waals surface area contributed by atoms with E-state index in [0.29, 0.717) is 17.5 Å². The van der Waals surface area contributed by atoms with Crippen molar-refractivity contribution >= 4 is 28.7 Å². The number of hydrogen-bond acceptors (Lipinski definition) is 7. The van der Waals surface area contributed by atoms with E-state index < -0.39 is 11.7 Å². The first-order chi connectivity index (χ1) is 18.0. The zero-order chi connectivity index (χ0) is 25.8. The molecule has 0 atom stereocenters. The highest BCUT2D eigenvalue weighted by Crippen LogP contribution is 2.29. The van der Waals surface area contributed by atoms with Gasteiger partial charge in [-0.15, -0.1) is 5.10 Å². The molecule has 3 aromatic rings. The van der Waals surface area contributed by atoms with Gasteiger partial charge in [-0.3, -0.25) is 14.7 Å². The van der Waals surface area contributed by atoms with Crippen molar-refractivity contribution in [3.63, 3.8) is 0 Å². The van der Waals surface area contributed by atoms with E-state index >= 15 is 0 Å². The zero-order valence-corrected chi connectivity index (χ0v) is 20.7. The quantitative estimate of drug-likeness (QED) is 0.356. The molecule has 0 aromatic carbocycles. The Balaban J connectivity index is 1.34. The molecule has 2 fully saturated rings. The third-order valence-electron chi connectivity index (χ3n) is 6.60. The molecule has 3 N–H and O–H groups in total. The summed E-state index contributed by atoms with van der Waals surface area (Å²) in [5.41, 5.74) is 2.79. The molecule has 4 heterocycles. The second kappa shape index (κ2) is 10.9. The van der Waals surface area contributed by atoms with Crippen LogP contribution in [0.15, 0.2) is 67.7 Å². The average molecular weight is 503 g/mol. The fourth-order valence-corrected chi connectivity index (χ4v) is 4.45. The molecule has 1 saturated carbocycles. The normalized spacial score (nSPS) is 16.9. The number of nitrogens with zero attached hydrogens (tertiary/aromatic N) is 5. The van der Waals surface area contributed by atoms with Crippen LogP contribution < -0.4 is 16.0 Å². The molecule has 1 aliphatic carbocycles. The molecule has 1 aliphatic heterocycles. The van der Waals surface area contributed by atoms with Crippen molar-refractivity contribution in [3.8, 4) is 0 Å². The van der Waals surface area contributed by atoms with Crippen molar-refractivity contribution in [1.82, 2.24) is 24.5 Å². The first-order valence-electron chi connectivity index (χ1n) is 12.5. The van der Waals surface area contributed by atoms with Gasteiger partial charge in [0, 0.05) is 44.0 Å². The van der Waals surface area contributed by atoms with E-state index in [-0.39, 0.29) is 17.4 Å². The third-order valence-corrected chi connectivity index (χ3v) is 6.60. The molecule has 0 radical (unpaired) electrons. The fraction of sp³-hybridized carbons (Fsp3) is 0.333. The van der Waals surface area contributed by atoms with Crippen molar-refractivity contribution in [2.45, 2.75) is 37.8 Å². The number of carbonyl (C=O) groups excluding carboxylic acids is 1. The van der Waals surface area contributed by atoms with Crippen LogP contribution in [0.1, 0.15) is 36.2 Å². The van der Waals surface area contributed by atoms with Crippen LogP contribution >= 0.6 is 0 Å². The molecule has 1 amide bonds. The topological polar surface area (TPSA) is 99.5 Å². The Labute approximate surface area is 215 Å². The standard InChI is InChI=1S/C27H31FN8O/c1-3-5-18(4-2)17-35-12-9-20(10-13-35)32-25-14-23(31-19-6-7-19)26-30-16-24(36(26)34-25)27(37)33-22-8-11-29-15-21(22)28/h3-5,8,11,14-16,19-20,31H,1-2,6-7,9-10,12-13,17H2,(H,32,34)(H,29,33,37)/b18-5+. The van der Waals surface area contributed by atoms with Crippen molar-refractivity contribution < 1.29 is 9.18 Å². The van der Waals surface area contributed by atoms with Gasteiger partial charge < -0.3 is 16.0 Å². The summed E-state index contributed by atoms with van der Waals surface area (Å²) in [6, 6.07) is 4.01. The highest BCUT2D eigenvalue weighted by Gasteiger charge is 2.25. The maximum atomic E-state index is 14.0. The summed E-state index contributed by atoms with van der Waals surface area (Å²) in [6.45, 7) is 10.4. The number of rotatable bonds is 10. The zero-order valence-electron chi connectivity index (χ0n) is 20.7. The lowest BCUT2D eigenvalue weighted by Crippen LogP contribution is -2.40. The minimum atomic E-state index is -0.609. The molecule has 192 valence electrons. The van der Waals surface area contributed by atoms with Crippen LogP contribution in [0.3, 0.4) is 0 Å². The summed E-state index contributed by atoms with van der Waals surface area (Å²) in [6.07, 6.45) is 13.7. The highest BCUT2D eigenvalue weighted by molar-refractivity contribution is 6.03. The van der Waals surface area contributed by atoms with Crippen LogP contribution in [0, 0.1) is 5.82 Å². The number of fused-ring (bicyclic) bond motifs is 1. The first-order valence-corrected chi connectivity index (χ1v) is 12.5. The van der Waals surface area contributed by atoms with E-state index in [9.17, 15) is 9.18 Å². The molecule has 3 aromatic heterocycles. The number of nitrogens with one attached hydrogen (secondary N) is 3. The molecular weight excluding hydrogens is 471 g/mol. The number of amides is 1. The van der Waals surface area contributed by atoms with Crippen LogP contribution in [0.25, 0.3) is 5.65 Å². The van der Waals surface area contributed by atoms with Gasteiger partial charge in [0.25, 0.3) is 5.91 Å². The molecule has 0 spiro atoms. The van der Waals surface area contributed by atoms with Gasteiger partial charge in [-0.05, 0) is 37.3 Å². The largest absolute Gasteiger partial charge is 0.379 e. The van der Waals surface area contributed by atoms with Crippen molar-refractivity contribution in [2.75, 3.05) is 35.6 Å². The third kappa shape index (κ3) is 5.86. The van der Waals surface area contributed by atoms with E-state index in [1.54, 1.807) is 6.08 Å². The number of likely N-dealkylation sites (tertiary alicyclic amines) is 1. The number of halogens is 1. The summed E-state index contributed by atoms with van der Waals surface area (Å²) < 4.78 is 15.6. The summed E-state index contributed by atoms with van der Waals surface area (Å²) in [7, 11) is 0. The molecule has 37 heavy (non-hydrogen) atoms. The lowest BCUT2D eigenvalue weighted by Gasteiger charge is -2.32. The molecular formula is C27H31FN8O. The van der Waals surface area contributed by atoms with E-state index in [4.69, 9.17) is 5.10 Å². The van der Waals surface area contributed by atoms with Gasteiger partial charge in [0.15, 0.2) is 17.2 Å². The van der Waals surface area contributed by atoms with E-state index in [1.165, 1.54) is 23.0 Å². The Hall–Kier alpha value is -4.05. The van der Waals surface area contributed by atoms with Gasteiger partial charge in [-0.2, -0.15) is 0 Å². The predicted octanol–water partition coefficient (Wildman–Crippen LogP) is 4.26. The molecule has 1 saturated heterocycles. The predicted molar refractivity (Wildman–Crippen MR) is 143 cm³/mol. The summed E-state index contributed by atoms with van der Waals surface area (Å²) in [5, 5.41) is 14.3. The van der Waals surface area contributed by atoms with Crippen LogP contribution in [0.5, 0.6) is 0 Å². The van der Waals surface area contributed by atoms with Crippen LogP contribution in [0.2, 0.25) is 0 Å². The Morgan fingerprint density at radius 3 is 2.59 bits per heavy atom. The number of piperidine rings is 1. The smallest absolute Gasteiger partial charge is 0.276 e. The monoisotopic (exact) mass is 502 g/mol. The van der Waals surface area contributed by atoms with Gasteiger partial charge in [0.05, 0.1) is 23.8 Å². The molecule has 10 heteroatoms. The summed E-state index contributed by atoms with van der Waals surface area (Å²) >= 11 is 0. The Bertz CT molecular complexity index is 1340. The van der Waals surface area contributed by atoms with E-state index in [2.05, 4.69) is 44.0 Å². The van der Waals surface area contributed by atoms with Crippen LogP contribution in [0.4, 0.5) is 21.6 Å². The SMILES string of the molecule is C=C/C=C(\C=C)CN1CCC(Nc2cc(NC3CC3)c3ncc(C(=O)Nc4ccncc4F)n3n2)CC1. The number of pyridine rings is 1. The molecule has 0 unspecified atom stereocenters. The Morgan fingerprint density at radius 2 is 1.89 bits per heavy atom. The Morgan fingerprint density at radius 1 is 1.11 bits per heavy atom. The van der Waals surface area contributed by atoms with E-state index in [1.807, 2.05) is 18.2 Å². The average Bonchev–Trinajstić information content (AvgIpc) is 3.61. The lowest BCUT2D eigenvalue weighted by molar-refractivity contribution is 0.102. The number of aromatic nitrogens is 4. The number of imidazole rings is 1. The van der Waals surface area contributed by atoms with E-state index in [0.717, 1.165) is 62.8 Å². The first kappa shape index (κ1) is 24.6. The van der Waals surface area contributed by atoms with Crippen LogP contribution in [-0.4, -0.2) is 62.1 Å². The number of carbonyl (C=O) groups is 1. The Kier molecular flexibility index (Phi) is 7.27. The summed E-state index contributed by atoms with van der Waals surface area (Å²) in [4.78, 5) is 23.6. The second-order valence-electron chi connectivity index (χ2n) is 9.43. The maximum absolute atomic E-state index is 14.0. The molecule has 5 rings (SSSR count). The van der Waals surface area contributed by atoms with Gasteiger partial charge in [0.1, 0.15) is 5.82 Å². The van der Waals surface area contributed by atoms with Gasteiger partial charge in [-0.1, -0.05) is 31.4 Å². The van der Waals surface area contributed by atoms with Crippen LogP contribution in [-0.2, 0) is 0 Å². The minimum Gasteiger partial charge on any atom is -0.379 e. The maximum Gasteiger partial charge on any atom is 0.276 e. The van der Waals surface area contributed by atoms with Crippen molar-refractivity contribution in [3.05, 3.63) is 79.2 Å². The number of anilines is 3. The van der Waals surface area contributed by atoms with Gasteiger partial charge in [0.2, 0.25) is 0 Å². The minimum absolute atomic E-state index is 0.0508. The van der Waals surface area contributed by atoms with Crippen molar-refractivity contribution in [2.24, 2.45) is 0 Å². The molecule has 0 bridgehead atoms. The lowest BCUT2D eigenvalue weighted by atomic mass is 10.0. The fourth-order valence-electron chi connectivity index (χ4n) is 4.45. The molecule has 9 nitrogen and oxygen atoms in total. The highest BCUT2D eigenvalue weighted by atomic mass is 19.1. The second-order valence-corrected chi connectivity index (χ2v) is 9.43. The summed E-state index contributed by atoms with van der Waals surface area (Å²) in [5.74, 6) is -0.448. The number of allylic oxidation sites excluding steroid dienone is 2. The van der Waals surface area contributed by atoms with Gasteiger partial charge in [-0.25, -0.2) is 13.9 Å². The molecule has 2 aliphatic rings. The van der Waals surface area contributed by atoms with Gasteiger partial charge >= 0.3 is 0 Å².